The number of rotatable bonds is 9. The molecule has 3 aromatic carbocycles. The molecule has 2 aliphatic heterocycles. The SMILES string of the molecule is CCCOc1cccc(C2/C(=C(\O)c3ccc4c(c3)OCCO4)C(=O)C(=O)N2c2nnc(SCc3ccccc3Cl)s2)c1. The molecule has 3 heterocycles. The van der Waals surface area contributed by atoms with Crippen LogP contribution >= 0.6 is 34.7 Å². The van der Waals surface area contributed by atoms with Crippen LogP contribution in [0.1, 0.15) is 36.1 Å². The topological polar surface area (TPSA) is 111 Å². The number of hydrogen-bond acceptors (Lipinski definition) is 10. The number of carbonyl (C=O) groups excluding carboxylic acids is 2. The van der Waals surface area contributed by atoms with Crippen molar-refractivity contribution >= 4 is 57.3 Å². The van der Waals surface area contributed by atoms with Gasteiger partial charge in [-0.3, -0.25) is 14.5 Å². The number of carbonyl (C=O) groups is 2. The van der Waals surface area contributed by atoms with E-state index in [2.05, 4.69) is 10.2 Å². The van der Waals surface area contributed by atoms with Crippen LogP contribution < -0.4 is 19.1 Å². The Balaban J connectivity index is 1.40. The molecule has 0 spiro atoms. The second kappa shape index (κ2) is 12.7. The Hall–Kier alpha value is -4.06. The van der Waals surface area contributed by atoms with Crippen molar-refractivity contribution in [2.75, 3.05) is 24.7 Å². The highest BCUT2D eigenvalue weighted by Crippen LogP contribution is 2.45. The van der Waals surface area contributed by atoms with Gasteiger partial charge in [-0.2, -0.15) is 0 Å². The minimum atomic E-state index is -0.979. The first-order valence-electron chi connectivity index (χ1n) is 13.6. The lowest BCUT2D eigenvalue weighted by atomic mass is 9.95. The molecule has 1 atom stereocenters. The average molecular weight is 636 g/mol. The maximum absolute atomic E-state index is 13.6. The highest BCUT2D eigenvalue weighted by molar-refractivity contribution is 8.00. The Bertz CT molecular complexity index is 1730. The number of amides is 1. The van der Waals surface area contributed by atoms with Crippen molar-refractivity contribution in [2.24, 2.45) is 0 Å². The van der Waals surface area contributed by atoms with E-state index in [0.717, 1.165) is 12.0 Å². The van der Waals surface area contributed by atoms with Crippen molar-refractivity contribution in [3.8, 4) is 17.2 Å². The Morgan fingerprint density at radius 1 is 1.07 bits per heavy atom. The molecule has 220 valence electrons. The number of Topliss-reactive ketones (excluding diaryl/α,β-unsaturated/α-hetero) is 1. The molecule has 0 saturated carbocycles. The number of aliphatic hydroxyl groups excluding tert-OH is 1. The summed E-state index contributed by atoms with van der Waals surface area (Å²) in [7, 11) is 0. The largest absolute Gasteiger partial charge is 0.507 e. The third kappa shape index (κ3) is 5.93. The Labute approximate surface area is 261 Å². The quantitative estimate of drug-likeness (QED) is 0.0708. The van der Waals surface area contributed by atoms with Gasteiger partial charge >= 0.3 is 5.91 Å². The minimum Gasteiger partial charge on any atom is -0.507 e. The molecule has 0 radical (unpaired) electrons. The number of hydrogen-bond donors (Lipinski definition) is 1. The zero-order valence-corrected chi connectivity index (χ0v) is 25.4. The number of nitrogens with zero attached hydrogens (tertiary/aromatic N) is 3. The summed E-state index contributed by atoms with van der Waals surface area (Å²) in [6, 6.07) is 18.6. The van der Waals surface area contributed by atoms with Gasteiger partial charge in [0, 0.05) is 16.3 Å². The first kappa shape index (κ1) is 29.0. The lowest BCUT2D eigenvalue weighted by Crippen LogP contribution is -2.29. The second-order valence-electron chi connectivity index (χ2n) is 9.68. The van der Waals surface area contributed by atoms with E-state index in [0.29, 0.717) is 63.3 Å². The molecule has 1 fully saturated rings. The average Bonchev–Trinajstić information content (AvgIpc) is 3.60. The number of aliphatic hydroxyl groups is 1. The van der Waals surface area contributed by atoms with Gasteiger partial charge in [-0.15, -0.1) is 10.2 Å². The van der Waals surface area contributed by atoms with Gasteiger partial charge < -0.3 is 19.3 Å². The van der Waals surface area contributed by atoms with Gasteiger partial charge in [0.15, 0.2) is 15.8 Å². The van der Waals surface area contributed by atoms with Gasteiger partial charge in [-0.25, -0.2) is 0 Å². The minimum absolute atomic E-state index is 0.0743. The summed E-state index contributed by atoms with van der Waals surface area (Å²) in [6.07, 6.45) is 0.812. The van der Waals surface area contributed by atoms with Crippen LogP contribution in [-0.4, -0.2) is 46.8 Å². The Morgan fingerprint density at radius 2 is 1.88 bits per heavy atom. The number of aromatic nitrogens is 2. The first-order chi connectivity index (χ1) is 20.9. The van der Waals surface area contributed by atoms with Crippen LogP contribution in [0, 0.1) is 0 Å². The van der Waals surface area contributed by atoms with Crippen LogP contribution in [0.4, 0.5) is 5.13 Å². The third-order valence-electron chi connectivity index (χ3n) is 6.82. The maximum Gasteiger partial charge on any atom is 0.301 e. The van der Waals surface area contributed by atoms with Gasteiger partial charge in [0.05, 0.1) is 18.2 Å². The molecule has 43 heavy (non-hydrogen) atoms. The fourth-order valence-corrected chi connectivity index (χ4v) is 6.95. The van der Waals surface area contributed by atoms with Crippen molar-refractivity contribution in [1.82, 2.24) is 10.2 Å². The fraction of sp³-hybridized carbons (Fsp3) is 0.226. The normalized spacial score (nSPS) is 17.3. The van der Waals surface area contributed by atoms with Crippen LogP contribution in [0.15, 0.2) is 76.6 Å². The zero-order valence-electron chi connectivity index (χ0n) is 23.0. The summed E-state index contributed by atoms with van der Waals surface area (Å²) in [5.41, 5.74) is 1.76. The molecule has 12 heteroatoms. The van der Waals surface area contributed by atoms with Crippen LogP contribution in [0.25, 0.3) is 5.76 Å². The van der Waals surface area contributed by atoms with E-state index in [4.69, 9.17) is 25.8 Å². The number of thioether (sulfide) groups is 1. The molecule has 1 amide bonds. The number of ether oxygens (including phenoxy) is 3. The highest BCUT2D eigenvalue weighted by atomic mass is 35.5. The highest BCUT2D eigenvalue weighted by Gasteiger charge is 2.48. The fourth-order valence-electron chi connectivity index (χ4n) is 4.80. The van der Waals surface area contributed by atoms with Gasteiger partial charge in [0.1, 0.15) is 24.7 Å². The number of anilines is 1. The first-order valence-corrected chi connectivity index (χ1v) is 15.8. The summed E-state index contributed by atoms with van der Waals surface area (Å²) in [4.78, 5) is 28.6. The van der Waals surface area contributed by atoms with E-state index in [1.165, 1.54) is 28.0 Å². The van der Waals surface area contributed by atoms with Crippen LogP contribution in [-0.2, 0) is 15.3 Å². The van der Waals surface area contributed by atoms with E-state index in [1.54, 1.807) is 42.5 Å². The van der Waals surface area contributed by atoms with Crippen LogP contribution in [0.5, 0.6) is 17.2 Å². The van der Waals surface area contributed by atoms with Crippen molar-refractivity contribution in [1.29, 1.82) is 0 Å². The standard InChI is InChI=1S/C31H26ClN3O6S2/c1-2-12-39-21-8-5-7-18(15-21)26-25(27(36)19-10-11-23-24(16-19)41-14-13-40-23)28(37)29(38)35(26)30-33-34-31(43-30)42-17-20-6-3-4-9-22(20)32/h3-11,15-16,26,36H,2,12-14,17H2,1H3/b27-25+. The van der Waals surface area contributed by atoms with Crippen molar-refractivity contribution in [3.63, 3.8) is 0 Å². The zero-order chi connectivity index (χ0) is 29.9. The van der Waals surface area contributed by atoms with E-state index < -0.39 is 17.7 Å². The van der Waals surface area contributed by atoms with Gasteiger partial charge in [0.2, 0.25) is 5.13 Å². The number of halogens is 1. The summed E-state index contributed by atoms with van der Waals surface area (Å²) < 4.78 is 17.7. The summed E-state index contributed by atoms with van der Waals surface area (Å²) >= 11 is 8.92. The Morgan fingerprint density at radius 3 is 2.70 bits per heavy atom. The summed E-state index contributed by atoms with van der Waals surface area (Å²) in [5, 5.41) is 21.0. The van der Waals surface area contributed by atoms with Gasteiger partial charge in [0.25, 0.3) is 5.78 Å². The van der Waals surface area contributed by atoms with E-state index >= 15 is 0 Å². The second-order valence-corrected chi connectivity index (χ2v) is 12.3. The summed E-state index contributed by atoms with van der Waals surface area (Å²) in [5.74, 6) is 0.132. The number of benzene rings is 3. The lowest BCUT2D eigenvalue weighted by molar-refractivity contribution is -0.132. The maximum atomic E-state index is 13.6. The molecule has 1 aromatic heterocycles. The van der Waals surface area contributed by atoms with Crippen LogP contribution in [0.2, 0.25) is 5.02 Å². The van der Waals surface area contributed by atoms with Crippen LogP contribution in [0.3, 0.4) is 0 Å². The van der Waals surface area contributed by atoms with Crippen molar-refractivity contribution in [2.45, 2.75) is 29.5 Å². The molecule has 1 saturated heterocycles. The molecule has 2 aliphatic rings. The molecule has 1 unspecified atom stereocenters. The van der Waals surface area contributed by atoms with Crippen molar-refractivity contribution in [3.05, 3.63) is 94.0 Å². The molecule has 1 N–H and O–H groups in total. The monoisotopic (exact) mass is 635 g/mol. The molecule has 0 bridgehead atoms. The predicted octanol–water partition coefficient (Wildman–Crippen LogP) is 6.67. The molecule has 0 aliphatic carbocycles. The molecular weight excluding hydrogens is 610 g/mol. The van der Waals surface area contributed by atoms with E-state index in [9.17, 15) is 14.7 Å². The smallest absolute Gasteiger partial charge is 0.301 e. The number of ketones is 1. The molecule has 6 rings (SSSR count). The van der Waals surface area contributed by atoms with Gasteiger partial charge in [-0.1, -0.05) is 72.0 Å². The lowest BCUT2D eigenvalue weighted by Gasteiger charge is -2.23. The third-order valence-corrected chi connectivity index (χ3v) is 9.29. The molecule has 9 nitrogen and oxygen atoms in total. The summed E-state index contributed by atoms with van der Waals surface area (Å²) in [6.45, 7) is 3.28. The molecular formula is C31H26ClN3O6S2. The Kier molecular flexibility index (Phi) is 8.55. The predicted molar refractivity (Wildman–Crippen MR) is 165 cm³/mol. The van der Waals surface area contributed by atoms with Crippen molar-refractivity contribution < 1.29 is 28.9 Å². The van der Waals surface area contributed by atoms with E-state index in [1.807, 2.05) is 31.2 Å². The van der Waals surface area contributed by atoms with E-state index in [-0.39, 0.29) is 16.5 Å². The number of fused-ring (bicyclic) bond motifs is 1. The molecule has 4 aromatic rings. The van der Waals surface area contributed by atoms with Gasteiger partial charge in [-0.05, 0) is 53.9 Å².